The first-order valence-electron chi connectivity index (χ1n) is 8.19. The maximum Gasteiger partial charge on any atom is 0.120 e. The Balaban J connectivity index is 1.83. The van der Waals surface area contributed by atoms with Gasteiger partial charge in [-0.25, -0.2) is 4.98 Å². The summed E-state index contributed by atoms with van der Waals surface area (Å²) in [5, 5.41) is 13.7. The minimum Gasteiger partial charge on any atom is -0.491 e. The monoisotopic (exact) mass is 322 g/mol. The Bertz CT molecular complexity index is 815. The lowest BCUT2D eigenvalue weighted by Crippen LogP contribution is -2.15. The second-order valence-corrected chi connectivity index (χ2v) is 5.75. The normalized spacial score (nSPS) is 12.1. The lowest BCUT2D eigenvalue weighted by atomic mass is 10.1. The number of hydrogen-bond acceptors (Lipinski definition) is 4. The first-order chi connectivity index (χ1) is 11.7. The number of anilines is 1. The van der Waals surface area contributed by atoms with Gasteiger partial charge in [0.05, 0.1) is 17.3 Å². The third-order valence-corrected chi connectivity index (χ3v) is 4.04. The molecule has 4 heteroatoms. The minimum absolute atomic E-state index is 0.311. The zero-order chi connectivity index (χ0) is 16.9. The number of hydrogen-bond donors (Lipinski definition) is 2. The number of nitrogens with zero attached hydrogens (tertiary/aromatic N) is 1. The van der Waals surface area contributed by atoms with Gasteiger partial charge in [0.1, 0.15) is 12.4 Å². The fourth-order valence-electron chi connectivity index (χ4n) is 2.47. The number of benzene rings is 2. The molecule has 0 spiro atoms. The maximum atomic E-state index is 9.59. The molecular formula is C20H22N2O2. The molecule has 1 unspecified atom stereocenters. The molecule has 4 nitrogen and oxygen atoms in total. The van der Waals surface area contributed by atoms with Crippen LogP contribution >= 0.6 is 0 Å². The Morgan fingerprint density at radius 1 is 1.08 bits per heavy atom. The van der Waals surface area contributed by atoms with Gasteiger partial charge in [-0.2, -0.15) is 0 Å². The number of nitrogens with one attached hydrogen (secondary N) is 1. The van der Waals surface area contributed by atoms with Gasteiger partial charge in [0.2, 0.25) is 0 Å². The summed E-state index contributed by atoms with van der Waals surface area (Å²) in [6, 6.07) is 18.1. The maximum absolute atomic E-state index is 9.59. The van der Waals surface area contributed by atoms with Crippen LogP contribution in [-0.4, -0.2) is 29.8 Å². The average Bonchev–Trinajstić information content (AvgIpc) is 2.65. The van der Waals surface area contributed by atoms with Crippen molar-refractivity contribution in [1.82, 2.24) is 4.98 Å². The Morgan fingerprint density at radius 3 is 2.58 bits per heavy atom. The third-order valence-electron chi connectivity index (χ3n) is 4.04. The van der Waals surface area contributed by atoms with Crippen LogP contribution in [0.25, 0.3) is 22.2 Å². The van der Waals surface area contributed by atoms with Crippen LogP contribution in [0.4, 0.5) is 5.69 Å². The second-order valence-electron chi connectivity index (χ2n) is 5.75. The minimum atomic E-state index is -0.429. The quantitative estimate of drug-likeness (QED) is 0.717. The van der Waals surface area contributed by atoms with Crippen molar-refractivity contribution in [3.05, 3.63) is 54.6 Å². The van der Waals surface area contributed by atoms with Crippen LogP contribution in [0, 0.1) is 0 Å². The molecule has 0 saturated heterocycles. The summed E-state index contributed by atoms with van der Waals surface area (Å²) < 4.78 is 5.62. The van der Waals surface area contributed by atoms with Gasteiger partial charge in [-0.1, -0.05) is 25.1 Å². The molecule has 3 aromatic rings. The van der Waals surface area contributed by atoms with E-state index in [-0.39, 0.29) is 0 Å². The van der Waals surface area contributed by atoms with Crippen molar-refractivity contribution in [2.45, 2.75) is 19.4 Å². The lowest BCUT2D eigenvalue weighted by molar-refractivity contribution is 0.104. The highest BCUT2D eigenvalue weighted by Crippen LogP contribution is 2.25. The highest BCUT2D eigenvalue weighted by atomic mass is 16.5. The van der Waals surface area contributed by atoms with Crippen LogP contribution in [-0.2, 0) is 0 Å². The van der Waals surface area contributed by atoms with E-state index in [1.54, 1.807) is 0 Å². The number of aliphatic hydroxyl groups is 1. The zero-order valence-corrected chi connectivity index (χ0v) is 14.0. The Kier molecular flexibility index (Phi) is 4.96. The van der Waals surface area contributed by atoms with Crippen molar-refractivity contribution in [1.29, 1.82) is 0 Å². The zero-order valence-electron chi connectivity index (χ0n) is 14.0. The first-order valence-corrected chi connectivity index (χ1v) is 8.19. The number of aliphatic hydroxyl groups excluding tert-OH is 1. The molecular weight excluding hydrogens is 300 g/mol. The topological polar surface area (TPSA) is 54.4 Å². The van der Waals surface area contributed by atoms with Gasteiger partial charge in [0, 0.05) is 23.7 Å². The second kappa shape index (κ2) is 7.32. The standard InChI is InChI=1S/C20H22N2O2/c1-3-17(23)13-24-18-9-11-20-15(12-18)6-10-19(22-20)14-4-7-16(21-2)8-5-14/h4-12,17,21,23H,3,13H2,1-2H3. The predicted molar refractivity (Wildman–Crippen MR) is 98.5 cm³/mol. The van der Waals surface area contributed by atoms with E-state index in [0.717, 1.165) is 33.6 Å². The molecule has 1 heterocycles. The van der Waals surface area contributed by atoms with E-state index >= 15 is 0 Å². The van der Waals surface area contributed by atoms with Gasteiger partial charge >= 0.3 is 0 Å². The summed E-state index contributed by atoms with van der Waals surface area (Å²) in [6.45, 7) is 2.24. The van der Waals surface area contributed by atoms with Crippen molar-refractivity contribution in [2.75, 3.05) is 19.0 Å². The molecule has 3 rings (SSSR count). The highest BCUT2D eigenvalue weighted by Gasteiger charge is 2.05. The molecule has 0 saturated carbocycles. The average molecular weight is 322 g/mol. The highest BCUT2D eigenvalue weighted by molar-refractivity contribution is 5.83. The molecule has 0 aliphatic carbocycles. The molecule has 0 amide bonds. The Hall–Kier alpha value is -2.59. The lowest BCUT2D eigenvalue weighted by Gasteiger charge is -2.11. The molecule has 0 aliphatic heterocycles. The van der Waals surface area contributed by atoms with Crippen molar-refractivity contribution in [3.63, 3.8) is 0 Å². The van der Waals surface area contributed by atoms with E-state index in [1.165, 1.54) is 0 Å². The smallest absolute Gasteiger partial charge is 0.120 e. The van der Waals surface area contributed by atoms with Gasteiger partial charge in [-0.3, -0.25) is 0 Å². The first kappa shape index (κ1) is 16.3. The predicted octanol–water partition coefficient (Wildman–Crippen LogP) is 4.09. The van der Waals surface area contributed by atoms with Crippen LogP contribution < -0.4 is 10.1 Å². The number of ether oxygens (including phenoxy) is 1. The molecule has 2 aromatic carbocycles. The van der Waals surface area contributed by atoms with E-state index in [1.807, 2.05) is 56.4 Å². The van der Waals surface area contributed by atoms with Gasteiger partial charge in [0.25, 0.3) is 0 Å². The molecule has 0 fully saturated rings. The molecule has 1 atom stereocenters. The largest absolute Gasteiger partial charge is 0.491 e. The molecule has 0 aliphatic rings. The van der Waals surface area contributed by atoms with Gasteiger partial charge < -0.3 is 15.2 Å². The van der Waals surface area contributed by atoms with Crippen molar-refractivity contribution in [3.8, 4) is 17.0 Å². The van der Waals surface area contributed by atoms with Crippen LogP contribution in [0.3, 0.4) is 0 Å². The molecule has 0 bridgehead atoms. The van der Waals surface area contributed by atoms with Gasteiger partial charge in [-0.15, -0.1) is 0 Å². The van der Waals surface area contributed by atoms with Crippen LogP contribution in [0.2, 0.25) is 0 Å². The van der Waals surface area contributed by atoms with Crippen LogP contribution in [0.1, 0.15) is 13.3 Å². The fourth-order valence-corrected chi connectivity index (χ4v) is 2.47. The Labute approximate surface area is 142 Å². The van der Waals surface area contributed by atoms with Crippen molar-refractivity contribution < 1.29 is 9.84 Å². The van der Waals surface area contributed by atoms with Crippen molar-refractivity contribution in [2.24, 2.45) is 0 Å². The number of fused-ring (bicyclic) bond motifs is 1. The third kappa shape index (κ3) is 3.66. The van der Waals surface area contributed by atoms with Gasteiger partial charge in [0.15, 0.2) is 0 Å². The molecule has 24 heavy (non-hydrogen) atoms. The Morgan fingerprint density at radius 2 is 1.88 bits per heavy atom. The summed E-state index contributed by atoms with van der Waals surface area (Å²) in [7, 11) is 1.91. The van der Waals surface area contributed by atoms with Crippen LogP contribution in [0.15, 0.2) is 54.6 Å². The SMILES string of the molecule is CCC(O)COc1ccc2nc(-c3ccc(NC)cc3)ccc2c1. The fraction of sp³-hybridized carbons (Fsp3) is 0.250. The van der Waals surface area contributed by atoms with E-state index < -0.39 is 6.10 Å². The molecule has 124 valence electrons. The van der Waals surface area contributed by atoms with E-state index in [4.69, 9.17) is 9.72 Å². The number of aromatic nitrogens is 1. The number of rotatable bonds is 6. The molecule has 1 aromatic heterocycles. The summed E-state index contributed by atoms with van der Waals surface area (Å²) in [4.78, 5) is 4.73. The van der Waals surface area contributed by atoms with E-state index in [9.17, 15) is 5.11 Å². The number of pyridine rings is 1. The summed E-state index contributed by atoms with van der Waals surface area (Å²) in [5.41, 5.74) is 4.03. The summed E-state index contributed by atoms with van der Waals surface area (Å²) in [5.74, 6) is 0.753. The van der Waals surface area contributed by atoms with Crippen LogP contribution in [0.5, 0.6) is 5.75 Å². The summed E-state index contributed by atoms with van der Waals surface area (Å²) in [6.07, 6.45) is 0.256. The van der Waals surface area contributed by atoms with E-state index in [0.29, 0.717) is 13.0 Å². The summed E-state index contributed by atoms with van der Waals surface area (Å²) >= 11 is 0. The van der Waals surface area contributed by atoms with Gasteiger partial charge in [-0.05, 0) is 42.8 Å². The van der Waals surface area contributed by atoms with Crippen molar-refractivity contribution >= 4 is 16.6 Å². The molecule has 2 N–H and O–H groups in total. The molecule has 0 radical (unpaired) electrons. The van der Waals surface area contributed by atoms with E-state index in [2.05, 4.69) is 17.4 Å².